The molecule has 6 nitrogen and oxygen atoms in total. The molecule has 0 unspecified atom stereocenters. The molecule has 0 fully saturated rings. The van der Waals surface area contributed by atoms with Crippen molar-refractivity contribution >= 4 is 17.3 Å². The Bertz CT molecular complexity index is 869. The van der Waals surface area contributed by atoms with Gasteiger partial charge in [0.15, 0.2) is 11.6 Å². The number of ether oxygens (including phenoxy) is 1. The lowest BCUT2D eigenvalue weighted by molar-refractivity contribution is -0.385. The fraction of sp³-hybridized carbons (Fsp3) is 0.111. The van der Waals surface area contributed by atoms with E-state index in [1.54, 1.807) is 42.5 Å². The summed E-state index contributed by atoms with van der Waals surface area (Å²) in [5, 5.41) is 11.0. The predicted molar refractivity (Wildman–Crippen MR) is 85.9 cm³/mol. The first-order valence-electron chi connectivity index (χ1n) is 7.26. The Balaban J connectivity index is 1.72. The molecule has 0 saturated heterocycles. The van der Waals surface area contributed by atoms with Gasteiger partial charge in [0.25, 0.3) is 5.69 Å². The summed E-state index contributed by atoms with van der Waals surface area (Å²) in [6.07, 6.45) is 1.27. The zero-order chi connectivity index (χ0) is 17.1. The summed E-state index contributed by atoms with van der Waals surface area (Å²) in [5.74, 6) is -0.498. The van der Waals surface area contributed by atoms with Gasteiger partial charge in [0.1, 0.15) is 0 Å². The maximum Gasteiger partial charge on any atom is 0.274 e. The molecule has 2 aromatic carbocycles. The summed E-state index contributed by atoms with van der Waals surface area (Å²) in [6, 6.07) is 12.8. The van der Waals surface area contributed by atoms with Crippen LogP contribution < -0.4 is 0 Å². The molecule has 0 aliphatic heterocycles. The van der Waals surface area contributed by atoms with Crippen LogP contribution in [0.15, 0.2) is 60.2 Å². The van der Waals surface area contributed by atoms with E-state index in [1.165, 1.54) is 12.1 Å². The lowest BCUT2D eigenvalue weighted by Gasteiger charge is -2.15. The highest BCUT2D eigenvalue weighted by atomic mass is 16.6. The number of fused-ring (bicyclic) bond motifs is 1. The molecule has 0 heterocycles. The van der Waals surface area contributed by atoms with Gasteiger partial charge in [0.05, 0.1) is 23.7 Å². The minimum atomic E-state index is -0.483. The summed E-state index contributed by atoms with van der Waals surface area (Å²) >= 11 is 0. The normalized spacial score (nSPS) is 13.4. The Hall–Kier alpha value is -3.12. The molecular formula is C18H13NO5. The number of nitro groups is 1. The van der Waals surface area contributed by atoms with E-state index in [-0.39, 0.29) is 36.0 Å². The largest absolute Gasteiger partial charge is 0.372 e. The molecule has 24 heavy (non-hydrogen) atoms. The molecule has 3 rings (SSSR count). The number of ketones is 2. The fourth-order valence-corrected chi connectivity index (χ4v) is 2.56. The van der Waals surface area contributed by atoms with Crippen LogP contribution in [0.1, 0.15) is 26.3 Å². The third kappa shape index (κ3) is 3.00. The van der Waals surface area contributed by atoms with Crippen molar-refractivity contribution < 1.29 is 19.2 Å². The minimum Gasteiger partial charge on any atom is -0.372 e. The van der Waals surface area contributed by atoms with Gasteiger partial charge >= 0.3 is 0 Å². The number of Topliss-reactive ketones (excluding diaryl/α,β-unsaturated/α-hetero) is 1. The Kier molecular flexibility index (Phi) is 4.31. The van der Waals surface area contributed by atoms with E-state index in [0.29, 0.717) is 16.7 Å². The molecule has 0 spiro atoms. The van der Waals surface area contributed by atoms with Crippen LogP contribution in [0.4, 0.5) is 5.69 Å². The number of nitrogens with zero attached hydrogens (tertiary/aromatic N) is 1. The first-order valence-corrected chi connectivity index (χ1v) is 7.26. The second-order valence-corrected chi connectivity index (χ2v) is 5.29. The monoisotopic (exact) mass is 323 g/mol. The molecule has 0 saturated carbocycles. The van der Waals surface area contributed by atoms with Crippen LogP contribution in [0.3, 0.4) is 0 Å². The van der Waals surface area contributed by atoms with Gasteiger partial charge in [-0.05, 0) is 12.1 Å². The van der Waals surface area contributed by atoms with E-state index in [0.717, 1.165) is 0 Å². The van der Waals surface area contributed by atoms with Crippen molar-refractivity contribution in [3.8, 4) is 0 Å². The zero-order valence-corrected chi connectivity index (χ0v) is 12.6. The van der Waals surface area contributed by atoms with E-state index in [1.807, 2.05) is 0 Å². The van der Waals surface area contributed by atoms with Gasteiger partial charge in [-0.3, -0.25) is 19.7 Å². The topological polar surface area (TPSA) is 86.5 Å². The van der Waals surface area contributed by atoms with Gasteiger partial charge in [0, 0.05) is 22.8 Å². The summed E-state index contributed by atoms with van der Waals surface area (Å²) < 4.78 is 5.44. The van der Waals surface area contributed by atoms with Crippen LogP contribution in [0.25, 0.3) is 0 Å². The van der Waals surface area contributed by atoms with E-state index in [4.69, 9.17) is 4.74 Å². The van der Waals surface area contributed by atoms with Crippen molar-refractivity contribution in [2.45, 2.75) is 6.61 Å². The number of carbonyl (C=O) groups is 2. The summed E-state index contributed by atoms with van der Waals surface area (Å²) in [7, 11) is 0. The average molecular weight is 323 g/mol. The number of nitro benzene ring substituents is 1. The third-order valence-electron chi connectivity index (χ3n) is 3.74. The van der Waals surface area contributed by atoms with E-state index >= 15 is 0 Å². The lowest BCUT2D eigenvalue weighted by Crippen LogP contribution is -2.19. The minimum absolute atomic E-state index is 0.0163. The molecule has 0 bridgehead atoms. The maximum absolute atomic E-state index is 12.4. The molecule has 6 heteroatoms. The first kappa shape index (κ1) is 15.8. The molecule has 0 N–H and O–H groups in total. The predicted octanol–water partition coefficient (Wildman–Crippen LogP) is 3.12. The molecule has 0 amide bonds. The summed E-state index contributed by atoms with van der Waals surface area (Å²) in [6.45, 7) is -0.0947. The number of rotatable bonds is 5. The SMILES string of the molecule is O=C1C=C(COCc2ccccc2[N+](=O)[O-])C(=O)c2ccccc21. The summed E-state index contributed by atoms with van der Waals surface area (Å²) in [5.41, 5.74) is 1.36. The second kappa shape index (κ2) is 6.55. The number of para-hydroxylation sites is 1. The van der Waals surface area contributed by atoms with E-state index in [2.05, 4.69) is 0 Å². The van der Waals surface area contributed by atoms with Gasteiger partial charge in [-0.25, -0.2) is 0 Å². The molecule has 0 radical (unpaired) electrons. The Morgan fingerprint density at radius 1 is 0.917 bits per heavy atom. The lowest BCUT2D eigenvalue weighted by atomic mass is 9.90. The Labute approximate surface area is 137 Å². The molecule has 1 aliphatic rings. The van der Waals surface area contributed by atoms with Crippen LogP contribution >= 0.6 is 0 Å². The van der Waals surface area contributed by atoms with Crippen molar-refractivity contribution in [3.63, 3.8) is 0 Å². The molecule has 120 valence electrons. The van der Waals surface area contributed by atoms with Gasteiger partial charge < -0.3 is 4.74 Å². The van der Waals surface area contributed by atoms with Crippen LogP contribution in [0.5, 0.6) is 0 Å². The van der Waals surface area contributed by atoms with Gasteiger partial charge in [-0.1, -0.05) is 36.4 Å². The number of carbonyl (C=O) groups excluding carboxylic acids is 2. The number of hydrogen-bond acceptors (Lipinski definition) is 5. The fourth-order valence-electron chi connectivity index (χ4n) is 2.56. The van der Waals surface area contributed by atoms with Crippen molar-refractivity contribution in [1.29, 1.82) is 0 Å². The quantitative estimate of drug-likeness (QED) is 0.623. The van der Waals surface area contributed by atoms with Crippen molar-refractivity contribution in [2.24, 2.45) is 0 Å². The molecule has 1 aliphatic carbocycles. The molecule has 0 atom stereocenters. The highest BCUT2D eigenvalue weighted by molar-refractivity contribution is 6.24. The smallest absolute Gasteiger partial charge is 0.274 e. The number of allylic oxidation sites excluding steroid dienone is 1. The highest BCUT2D eigenvalue weighted by Gasteiger charge is 2.25. The summed E-state index contributed by atoms with van der Waals surface area (Å²) in [4.78, 5) is 34.9. The average Bonchev–Trinajstić information content (AvgIpc) is 2.59. The second-order valence-electron chi connectivity index (χ2n) is 5.29. The Morgan fingerprint density at radius 2 is 1.58 bits per heavy atom. The molecule has 0 aromatic heterocycles. The van der Waals surface area contributed by atoms with Gasteiger partial charge in [0.2, 0.25) is 0 Å². The van der Waals surface area contributed by atoms with Crippen LogP contribution in [0.2, 0.25) is 0 Å². The number of hydrogen-bond donors (Lipinski definition) is 0. The van der Waals surface area contributed by atoms with Crippen LogP contribution in [-0.4, -0.2) is 23.1 Å². The van der Waals surface area contributed by atoms with E-state index in [9.17, 15) is 19.7 Å². The van der Waals surface area contributed by atoms with Crippen molar-refractivity contribution in [3.05, 3.63) is 87.0 Å². The molecule has 2 aromatic rings. The van der Waals surface area contributed by atoms with Crippen LogP contribution in [-0.2, 0) is 11.3 Å². The third-order valence-corrected chi connectivity index (χ3v) is 3.74. The standard InChI is InChI=1S/C18H13NO5/c20-17-9-13(18(21)15-7-3-2-6-14(15)17)11-24-10-12-5-1-4-8-16(12)19(22)23/h1-9H,10-11H2. The van der Waals surface area contributed by atoms with Crippen LogP contribution in [0, 0.1) is 10.1 Å². The first-order chi connectivity index (χ1) is 11.6. The highest BCUT2D eigenvalue weighted by Crippen LogP contribution is 2.22. The van der Waals surface area contributed by atoms with Gasteiger partial charge in [-0.2, -0.15) is 0 Å². The van der Waals surface area contributed by atoms with Gasteiger partial charge in [-0.15, -0.1) is 0 Å². The maximum atomic E-state index is 12.4. The van der Waals surface area contributed by atoms with E-state index < -0.39 is 4.92 Å². The zero-order valence-electron chi connectivity index (χ0n) is 12.6. The van der Waals surface area contributed by atoms with Crippen molar-refractivity contribution in [2.75, 3.05) is 6.61 Å². The Morgan fingerprint density at radius 3 is 2.33 bits per heavy atom. The van der Waals surface area contributed by atoms with Crippen molar-refractivity contribution in [1.82, 2.24) is 0 Å². The molecular weight excluding hydrogens is 310 g/mol. The number of benzene rings is 2.